The van der Waals surface area contributed by atoms with Crippen LogP contribution in [0.1, 0.15) is 5.56 Å². The van der Waals surface area contributed by atoms with Gasteiger partial charge in [0, 0.05) is 6.20 Å². The number of carboxylic acid groups (broad SMARTS) is 1. The van der Waals surface area contributed by atoms with Crippen LogP contribution in [0.4, 0.5) is 0 Å². The summed E-state index contributed by atoms with van der Waals surface area (Å²) in [6.07, 6.45) is 5.58. The highest BCUT2D eigenvalue weighted by Gasteiger charge is 2.12. The number of pyridine rings is 1. The zero-order valence-corrected chi connectivity index (χ0v) is 8.00. The van der Waals surface area contributed by atoms with Crippen molar-refractivity contribution in [3.05, 3.63) is 36.4 Å². The standard InChI is InChI=1S/C10H11N3O2/c11-9(10(14)15)4-7-1-2-13-6-12-5-8(13)3-7/h1-3,5-6,9H,4,11H2,(H,14,15). The largest absolute Gasteiger partial charge is 0.480 e. The summed E-state index contributed by atoms with van der Waals surface area (Å²) in [5, 5.41) is 8.67. The highest BCUT2D eigenvalue weighted by molar-refractivity contribution is 5.73. The second kappa shape index (κ2) is 3.70. The van der Waals surface area contributed by atoms with Gasteiger partial charge >= 0.3 is 5.97 Å². The lowest BCUT2D eigenvalue weighted by atomic mass is 10.1. The minimum Gasteiger partial charge on any atom is -0.480 e. The molecule has 0 aliphatic heterocycles. The molecule has 0 aromatic carbocycles. The van der Waals surface area contributed by atoms with Crippen molar-refractivity contribution in [3.8, 4) is 0 Å². The molecule has 15 heavy (non-hydrogen) atoms. The van der Waals surface area contributed by atoms with Gasteiger partial charge in [-0.3, -0.25) is 4.79 Å². The molecule has 5 heteroatoms. The molecule has 3 N–H and O–H groups in total. The van der Waals surface area contributed by atoms with Crippen LogP contribution in [0.5, 0.6) is 0 Å². The van der Waals surface area contributed by atoms with Gasteiger partial charge in [-0.1, -0.05) is 0 Å². The number of fused-ring (bicyclic) bond motifs is 1. The van der Waals surface area contributed by atoms with Gasteiger partial charge in [0.05, 0.1) is 18.0 Å². The van der Waals surface area contributed by atoms with Crippen LogP contribution in [-0.2, 0) is 11.2 Å². The predicted octanol–water partition coefficient (Wildman–Crippen LogP) is 0.289. The molecule has 0 bridgehead atoms. The average molecular weight is 205 g/mol. The second-order valence-electron chi connectivity index (χ2n) is 3.41. The number of aliphatic carboxylic acids is 1. The van der Waals surface area contributed by atoms with E-state index in [1.807, 2.05) is 22.7 Å². The van der Waals surface area contributed by atoms with Gasteiger partial charge in [-0.25, -0.2) is 4.98 Å². The molecule has 0 spiro atoms. The Balaban J connectivity index is 2.24. The van der Waals surface area contributed by atoms with Gasteiger partial charge in [0.25, 0.3) is 0 Å². The molecule has 0 amide bonds. The van der Waals surface area contributed by atoms with Crippen LogP contribution < -0.4 is 5.73 Å². The molecule has 1 atom stereocenters. The first-order chi connectivity index (χ1) is 7.16. The summed E-state index contributed by atoms with van der Waals surface area (Å²) in [6, 6.07) is 2.88. The summed E-state index contributed by atoms with van der Waals surface area (Å²) >= 11 is 0. The van der Waals surface area contributed by atoms with E-state index in [9.17, 15) is 4.79 Å². The Bertz CT molecular complexity index is 492. The quantitative estimate of drug-likeness (QED) is 0.754. The van der Waals surface area contributed by atoms with Gasteiger partial charge in [-0.05, 0) is 24.1 Å². The molecule has 0 aliphatic carbocycles. The van der Waals surface area contributed by atoms with Gasteiger partial charge < -0.3 is 15.2 Å². The number of carbonyl (C=O) groups is 1. The number of imidazole rings is 1. The maximum Gasteiger partial charge on any atom is 0.320 e. The van der Waals surface area contributed by atoms with E-state index in [1.165, 1.54) is 0 Å². The van der Waals surface area contributed by atoms with Crippen LogP contribution in [0.3, 0.4) is 0 Å². The van der Waals surface area contributed by atoms with Crippen molar-refractivity contribution in [2.24, 2.45) is 5.73 Å². The second-order valence-corrected chi connectivity index (χ2v) is 3.41. The molecule has 2 rings (SSSR count). The molecule has 2 aromatic rings. The topological polar surface area (TPSA) is 80.6 Å². The maximum atomic E-state index is 10.6. The number of carboxylic acids is 1. The summed E-state index contributed by atoms with van der Waals surface area (Å²) in [4.78, 5) is 14.5. The third-order valence-electron chi connectivity index (χ3n) is 2.25. The molecular formula is C10H11N3O2. The number of aromatic nitrogens is 2. The molecule has 78 valence electrons. The summed E-state index contributed by atoms with van der Waals surface area (Å²) in [5.74, 6) is -0.983. The lowest BCUT2D eigenvalue weighted by Crippen LogP contribution is -2.32. The lowest BCUT2D eigenvalue weighted by Gasteiger charge is -2.06. The average Bonchev–Trinajstić information content (AvgIpc) is 2.64. The van der Waals surface area contributed by atoms with E-state index in [4.69, 9.17) is 10.8 Å². The normalized spacial score (nSPS) is 12.9. The molecule has 0 radical (unpaired) electrons. The van der Waals surface area contributed by atoms with Crippen LogP contribution in [-0.4, -0.2) is 26.5 Å². The summed E-state index contributed by atoms with van der Waals surface area (Å²) in [5.41, 5.74) is 7.28. The summed E-state index contributed by atoms with van der Waals surface area (Å²) < 4.78 is 1.86. The monoisotopic (exact) mass is 205 g/mol. The van der Waals surface area contributed by atoms with Gasteiger partial charge in [-0.2, -0.15) is 0 Å². The van der Waals surface area contributed by atoms with E-state index in [0.717, 1.165) is 11.1 Å². The van der Waals surface area contributed by atoms with Gasteiger partial charge in [0.15, 0.2) is 0 Å². The SMILES string of the molecule is NC(Cc1ccn2cncc2c1)C(=O)O. The number of hydrogen-bond acceptors (Lipinski definition) is 3. The fourth-order valence-corrected chi connectivity index (χ4v) is 1.43. The van der Waals surface area contributed by atoms with Crippen molar-refractivity contribution >= 4 is 11.5 Å². The molecule has 1 unspecified atom stereocenters. The Hall–Kier alpha value is -1.88. The number of hydrogen-bond donors (Lipinski definition) is 2. The Labute approximate surface area is 86.2 Å². The Morgan fingerprint density at radius 1 is 1.67 bits per heavy atom. The van der Waals surface area contributed by atoms with Crippen molar-refractivity contribution in [2.75, 3.05) is 0 Å². The maximum absolute atomic E-state index is 10.6. The Morgan fingerprint density at radius 3 is 3.20 bits per heavy atom. The summed E-state index contributed by atoms with van der Waals surface area (Å²) in [7, 11) is 0. The molecule has 0 fully saturated rings. The van der Waals surface area contributed by atoms with Crippen LogP contribution in [0.15, 0.2) is 30.9 Å². The minimum atomic E-state index is -0.983. The molecule has 0 saturated carbocycles. The molecule has 0 saturated heterocycles. The van der Waals surface area contributed by atoms with E-state index < -0.39 is 12.0 Å². The van der Waals surface area contributed by atoms with E-state index in [0.29, 0.717) is 6.42 Å². The smallest absolute Gasteiger partial charge is 0.320 e. The zero-order chi connectivity index (χ0) is 10.8. The van der Waals surface area contributed by atoms with Crippen molar-refractivity contribution < 1.29 is 9.90 Å². The molecule has 5 nitrogen and oxygen atoms in total. The first kappa shape index (κ1) is 9.67. The van der Waals surface area contributed by atoms with Crippen LogP contribution in [0, 0.1) is 0 Å². The van der Waals surface area contributed by atoms with E-state index in [-0.39, 0.29) is 0 Å². The van der Waals surface area contributed by atoms with Gasteiger partial charge in [0.2, 0.25) is 0 Å². The third-order valence-corrected chi connectivity index (χ3v) is 2.25. The fourth-order valence-electron chi connectivity index (χ4n) is 1.43. The van der Waals surface area contributed by atoms with E-state index in [1.54, 1.807) is 12.5 Å². The highest BCUT2D eigenvalue weighted by Crippen LogP contribution is 2.08. The Kier molecular flexibility index (Phi) is 2.39. The van der Waals surface area contributed by atoms with E-state index >= 15 is 0 Å². The van der Waals surface area contributed by atoms with Crippen LogP contribution >= 0.6 is 0 Å². The van der Waals surface area contributed by atoms with Crippen LogP contribution in [0.25, 0.3) is 5.52 Å². The van der Waals surface area contributed by atoms with Crippen molar-refractivity contribution in [3.63, 3.8) is 0 Å². The van der Waals surface area contributed by atoms with Gasteiger partial charge in [-0.15, -0.1) is 0 Å². The predicted molar refractivity (Wildman–Crippen MR) is 54.5 cm³/mol. The summed E-state index contributed by atoms with van der Waals surface area (Å²) in [6.45, 7) is 0. The fraction of sp³-hybridized carbons (Fsp3) is 0.200. The van der Waals surface area contributed by atoms with Gasteiger partial charge in [0.1, 0.15) is 6.04 Å². The number of nitrogens with two attached hydrogens (primary N) is 1. The molecule has 0 aliphatic rings. The van der Waals surface area contributed by atoms with Crippen LogP contribution in [0.2, 0.25) is 0 Å². The number of rotatable bonds is 3. The van der Waals surface area contributed by atoms with Crippen molar-refractivity contribution in [1.82, 2.24) is 9.38 Å². The lowest BCUT2D eigenvalue weighted by molar-refractivity contribution is -0.138. The highest BCUT2D eigenvalue weighted by atomic mass is 16.4. The number of nitrogens with zero attached hydrogens (tertiary/aromatic N) is 2. The van der Waals surface area contributed by atoms with E-state index in [2.05, 4.69) is 4.98 Å². The molecule has 2 aromatic heterocycles. The first-order valence-electron chi connectivity index (χ1n) is 4.56. The molecular weight excluding hydrogens is 194 g/mol. The van der Waals surface area contributed by atoms with Crippen molar-refractivity contribution in [1.29, 1.82) is 0 Å². The first-order valence-corrected chi connectivity index (χ1v) is 4.56. The molecule has 2 heterocycles. The third kappa shape index (κ3) is 1.97. The zero-order valence-electron chi connectivity index (χ0n) is 8.00. The van der Waals surface area contributed by atoms with Crippen molar-refractivity contribution in [2.45, 2.75) is 12.5 Å². The minimum absolute atomic E-state index is 0.330. The Morgan fingerprint density at radius 2 is 2.47 bits per heavy atom.